The lowest BCUT2D eigenvalue weighted by Gasteiger charge is -2.07. The minimum atomic E-state index is -0.813. The maximum atomic E-state index is 11.4. The highest BCUT2D eigenvalue weighted by atomic mass is 32.2. The van der Waals surface area contributed by atoms with E-state index in [0.29, 0.717) is 18.1 Å². The second-order valence-corrected chi connectivity index (χ2v) is 5.42. The summed E-state index contributed by atoms with van der Waals surface area (Å²) >= 11 is 0. The first kappa shape index (κ1) is 13.2. The molecule has 0 bridgehead atoms. The molecule has 0 heterocycles. The largest absolute Gasteiger partial charge is 0.494 e. The summed E-state index contributed by atoms with van der Waals surface area (Å²) in [6, 6.07) is 9.66. The Morgan fingerprint density at radius 2 is 2.06 bits per heavy atom. The van der Waals surface area contributed by atoms with Crippen LogP contribution in [0, 0.1) is 0 Å². The number of hydrogen-bond acceptors (Lipinski definition) is 3. The van der Waals surface area contributed by atoms with Gasteiger partial charge in [-0.2, -0.15) is 0 Å². The molecule has 2 N–H and O–H groups in total. The van der Waals surface area contributed by atoms with E-state index < -0.39 is 10.8 Å². The van der Waals surface area contributed by atoms with Crippen molar-refractivity contribution in [3.05, 3.63) is 30.3 Å². The van der Waals surface area contributed by atoms with Crippen molar-refractivity contribution in [2.24, 2.45) is 5.73 Å². The van der Waals surface area contributed by atoms with Crippen molar-refractivity contribution in [1.29, 1.82) is 0 Å². The van der Waals surface area contributed by atoms with E-state index in [-0.39, 0.29) is 6.04 Å². The van der Waals surface area contributed by atoms with Gasteiger partial charge in [0.15, 0.2) is 0 Å². The molecule has 1 rings (SSSR count). The van der Waals surface area contributed by atoms with Gasteiger partial charge in [0.1, 0.15) is 5.75 Å². The van der Waals surface area contributed by atoms with Crippen LogP contribution in [0.1, 0.15) is 13.3 Å². The smallest absolute Gasteiger partial charge is 0.119 e. The summed E-state index contributed by atoms with van der Waals surface area (Å²) in [5, 5.41) is 0. The van der Waals surface area contributed by atoms with Crippen molar-refractivity contribution >= 4 is 10.8 Å². The molecule has 0 aliphatic heterocycles. The lowest BCUT2D eigenvalue weighted by molar-refractivity contribution is 0.318. The van der Waals surface area contributed by atoms with Gasteiger partial charge in [-0.3, -0.25) is 4.21 Å². The molecular formula is C12H19NO2S. The lowest BCUT2D eigenvalue weighted by atomic mass is 10.3. The standard InChI is InChI=1S/C12H19NO2S/c1-11(13)10-16(14)9-5-8-15-12-6-3-2-4-7-12/h2-4,6-7,11H,5,8-10,13H2,1H3. The molecule has 1 aromatic carbocycles. The molecule has 1 aromatic rings. The van der Waals surface area contributed by atoms with Crippen molar-refractivity contribution in [2.45, 2.75) is 19.4 Å². The number of rotatable bonds is 7. The molecule has 0 aliphatic carbocycles. The molecule has 2 unspecified atom stereocenters. The molecule has 0 saturated heterocycles. The van der Waals surface area contributed by atoms with Crippen LogP contribution in [0.5, 0.6) is 5.75 Å². The first-order valence-corrected chi connectivity index (χ1v) is 6.95. The van der Waals surface area contributed by atoms with Crippen molar-refractivity contribution in [3.8, 4) is 5.75 Å². The van der Waals surface area contributed by atoms with Gasteiger partial charge in [-0.15, -0.1) is 0 Å². The molecule has 4 heteroatoms. The molecule has 0 aliphatic rings. The van der Waals surface area contributed by atoms with E-state index in [0.717, 1.165) is 12.2 Å². The molecule has 0 amide bonds. The van der Waals surface area contributed by atoms with Gasteiger partial charge in [-0.05, 0) is 25.5 Å². The fraction of sp³-hybridized carbons (Fsp3) is 0.500. The van der Waals surface area contributed by atoms with Gasteiger partial charge in [-0.1, -0.05) is 18.2 Å². The Labute approximate surface area is 99.4 Å². The van der Waals surface area contributed by atoms with Gasteiger partial charge < -0.3 is 10.5 Å². The van der Waals surface area contributed by atoms with Crippen LogP contribution in [0.3, 0.4) is 0 Å². The van der Waals surface area contributed by atoms with Gasteiger partial charge in [0.05, 0.1) is 6.61 Å². The van der Waals surface area contributed by atoms with E-state index in [1.165, 1.54) is 0 Å². The Bertz CT molecular complexity index is 314. The second kappa shape index (κ2) is 7.41. The van der Waals surface area contributed by atoms with Gasteiger partial charge in [0, 0.05) is 28.3 Å². The van der Waals surface area contributed by atoms with Crippen LogP contribution >= 0.6 is 0 Å². The second-order valence-electron chi connectivity index (χ2n) is 3.80. The Kier molecular flexibility index (Phi) is 6.11. The molecule has 16 heavy (non-hydrogen) atoms. The number of nitrogens with two attached hydrogens (primary N) is 1. The number of benzene rings is 1. The zero-order chi connectivity index (χ0) is 11.8. The first-order valence-electron chi connectivity index (χ1n) is 5.47. The fourth-order valence-corrected chi connectivity index (χ4v) is 2.50. The SMILES string of the molecule is CC(N)CS(=O)CCCOc1ccccc1. The van der Waals surface area contributed by atoms with Crippen LogP contribution in [0.15, 0.2) is 30.3 Å². The van der Waals surface area contributed by atoms with Crippen LogP contribution < -0.4 is 10.5 Å². The maximum absolute atomic E-state index is 11.4. The third-order valence-corrected chi connectivity index (χ3v) is 3.62. The molecule has 90 valence electrons. The van der Waals surface area contributed by atoms with Crippen molar-refractivity contribution in [2.75, 3.05) is 18.1 Å². The van der Waals surface area contributed by atoms with Gasteiger partial charge in [0.25, 0.3) is 0 Å². The van der Waals surface area contributed by atoms with Crippen molar-refractivity contribution < 1.29 is 8.95 Å². The molecule has 0 fully saturated rings. The van der Waals surface area contributed by atoms with Gasteiger partial charge >= 0.3 is 0 Å². The van der Waals surface area contributed by atoms with Crippen molar-refractivity contribution in [1.82, 2.24) is 0 Å². The Hall–Kier alpha value is -0.870. The Morgan fingerprint density at radius 1 is 1.38 bits per heavy atom. The first-order chi connectivity index (χ1) is 7.68. The topological polar surface area (TPSA) is 52.3 Å². The monoisotopic (exact) mass is 241 g/mol. The minimum absolute atomic E-state index is 0.0101. The highest BCUT2D eigenvalue weighted by molar-refractivity contribution is 7.85. The molecule has 0 saturated carbocycles. The van der Waals surface area contributed by atoms with Crippen LogP contribution in [0.25, 0.3) is 0 Å². The summed E-state index contributed by atoms with van der Waals surface area (Å²) in [6.07, 6.45) is 0.800. The fourth-order valence-electron chi connectivity index (χ4n) is 1.30. The predicted octanol–water partition coefficient (Wildman–Crippen LogP) is 1.55. The maximum Gasteiger partial charge on any atom is 0.119 e. The Balaban J connectivity index is 2.10. The van der Waals surface area contributed by atoms with E-state index >= 15 is 0 Å². The average molecular weight is 241 g/mol. The van der Waals surface area contributed by atoms with Crippen molar-refractivity contribution in [3.63, 3.8) is 0 Å². The summed E-state index contributed by atoms with van der Waals surface area (Å²) in [5.74, 6) is 2.10. The quantitative estimate of drug-likeness (QED) is 0.737. The zero-order valence-electron chi connectivity index (χ0n) is 9.59. The highest BCUT2D eigenvalue weighted by Gasteiger charge is 2.03. The van der Waals surface area contributed by atoms with Crippen LogP contribution in [0.4, 0.5) is 0 Å². The molecule has 2 atom stereocenters. The molecule has 0 radical (unpaired) electrons. The number of hydrogen-bond donors (Lipinski definition) is 1. The molecular weight excluding hydrogens is 222 g/mol. The van der Waals surface area contributed by atoms with Crippen LogP contribution in [0.2, 0.25) is 0 Å². The predicted molar refractivity (Wildman–Crippen MR) is 68.1 cm³/mol. The third-order valence-electron chi connectivity index (χ3n) is 1.98. The average Bonchev–Trinajstić information content (AvgIpc) is 2.25. The zero-order valence-corrected chi connectivity index (χ0v) is 10.4. The van der Waals surface area contributed by atoms with Crippen LogP contribution in [-0.2, 0) is 10.8 Å². The summed E-state index contributed by atoms with van der Waals surface area (Å²) in [4.78, 5) is 0. The molecule has 0 aromatic heterocycles. The highest BCUT2D eigenvalue weighted by Crippen LogP contribution is 2.08. The molecule has 3 nitrogen and oxygen atoms in total. The summed E-state index contributed by atoms with van der Waals surface area (Å²) < 4.78 is 16.9. The van der Waals surface area contributed by atoms with E-state index in [1.807, 2.05) is 37.3 Å². The van der Waals surface area contributed by atoms with Gasteiger partial charge in [-0.25, -0.2) is 0 Å². The molecule has 0 spiro atoms. The van der Waals surface area contributed by atoms with E-state index in [2.05, 4.69) is 0 Å². The van der Waals surface area contributed by atoms with E-state index in [1.54, 1.807) is 0 Å². The lowest BCUT2D eigenvalue weighted by Crippen LogP contribution is -2.24. The normalized spacial score (nSPS) is 14.4. The Morgan fingerprint density at radius 3 is 2.69 bits per heavy atom. The minimum Gasteiger partial charge on any atom is -0.494 e. The van der Waals surface area contributed by atoms with E-state index in [4.69, 9.17) is 10.5 Å². The summed E-state index contributed by atoms with van der Waals surface area (Å²) in [5.41, 5.74) is 5.56. The number of para-hydroxylation sites is 1. The van der Waals surface area contributed by atoms with Crippen LogP contribution in [-0.4, -0.2) is 28.4 Å². The summed E-state index contributed by atoms with van der Waals surface area (Å²) in [7, 11) is -0.813. The van der Waals surface area contributed by atoms with Gasteiger partial charge in [0.2, 0.25) is 0 Å². The van der Waals surface area contributed by atoms with E-state index in [9.17, 15) is 4.21 Å². The number of ether oxygens (including phenoxy) is 1. The third kappa shape index (κ3) is 5.88. The summed E-state index contributed by atoms with van der Waals surface area (Å²) in [6.45, 7) is 2.48.